The van der Waals surface area contributed by atoms with Crippen molar-refractivity contribution < 1.29 is 4.74 Å². The first kappa shape index (κ1) is 27.7. The van der Waals surface area contributed by atoms with E-state index >= 15 is 0 Å². The molecule has 0 aliphatic rings. The number of ether oxygens (including phenoxy) is 1. The van der Waals surface area contributed by atoms with E-state index in [9.17, 15) is 0 Å². The number of methoxy groups -OCH3 is 1. The summed E-state index contributed by atoms with van der Waals surface area (Å²) < 4.78 is 5.79. The lowest BCUT2D eigenvalue weighted by atomic mass is 9.75. The number of allylic oxidation sites excluding steroid dienone is 8. The molecule has 0 heterocycles. The normalized spacial score (nSPS) is 12.8. The van der Waals surface area contributed by atoms with Crippen LogP contribution in [0.15, 0.2) is 76.4 Å². The van der Waals surface area contributed by atoms with Crippen molar-refractivity contribution in [3.8, 4) is 5.75 Å². The van der Waals surface area contributed by atoms with Crippen LogP contribution in [-0.4, -0.2) is 7.11 Å². The maximum atomic E-state index is 5.79. The fourth-order valence-corrected chi connectivity index (χ4v) is 3.69. The summed E-state index contributed by atoms with van der Waals surface area (Å²) >= 11 is 0. The van der Waals surface area contributed by atoms with Crippen LogP contribution < -0.4 is 4.74 Å². The Kier molecular flexibility index (Phi) is 12.1. The van der Waals surface area contributed by atoms with Gasteiger partial charge in [-0.3, -0.25) is 0 Å². The van der Waals surface area contributed by atoms with E-state index in [0.717, 1.165) is 22.5 Å². The largest absolute Gasteiger partial charge is 0.496 e. The van der Waals surface area contributed by atoms with Crippen molar-refractivity contribution >= 4 is 0 Å². The van der Waals surface area contributed by atoms with Crippen LogP contribution in [0.1, 0.15) is 85.8 Å². The zero-order chi connectivity index (χ0) is 23.6. The van der Waals surface area contributed by atoms with Crippen molar-refractivity contribution in [2.24, 2.45) is 0 Å². The molecule has 1 aromatic rings. The van der Waals surface area contributed by atoms with Crippen LogP contribution in [0, 0.1) is 6.92 Å². The molecule has 1 rings (SSSR count). The highest BCUT2D eigenvalue weighted by Gasteiger charge is 2.28. The summed E-state index contributed by atoms with van der Waals surface area (Å²) in [5.74, 6) is 0.945. The Labute approximate surface area is 186 Å². The second-order valence-electron chi connectivity index (χ2n) is 8.37. The van der Waals surface area contributed by atoms with Crippen molar-refractivity contribution in [3.63, 3.8) is 0 Å². The quantitative estimate of drug-likeness (QED) is 0.408. The topological polar surface area (TPSA) is 9.23 Å². The van der Waals surface area contributed by atoms with Gasteiger partial charge in [-0.2, -0.15) is 0 Å². The molecule has 1 atom stereocenters. The number of rotatable bonds is 7. The zero-order valence-electron chi connectivity index (χ0n) is 21.4. The summed E-state index contributed by atoms with van der Waals surface area (Å²) in [5.41, 5.74) is 10.8. The first-order valence-corrected chi connectivity index (χ1v) is 11.0. The van der Waals surface area contributed by atoms with E-state index in [1.165, 1.54) is 39.8 Å². The Morgan fingerprint density at radius 3 is 1.83 bits per heavy atom. The minimum atomic E-state index is 0.0375. The third kappa shape index (κ3) is 7.20. The van der Waals surface area contributed by atoms with Gasteiger partial charge in [0, 0.05) is 11.5 Å². The first-order valence-electron chi connectivity index (χ1n) is 11.0. The highest BCUT2D eigenvalue weighted by atomic mass is 16.5. The summed E-state index contributed by atoms with van der Waals surface area (Å²) in [6.07, 6.45) is 3.41. The molecule has 0 aliphatic heterocycles. The molecule has 0 saturated carbocycles. The molecule has 1 aromatic carbocycles. The number of aryl methyl sites for hydroxylation is 1. The lowest BCUT2D eigenvalue weighted by Crippen LogP contribution is -2.13. The van der Waals surface area contributed by atoms with Crippen LogP contribution in [-0.2, 0) is 0 Å². The van der Waals surface area contributed by atoms with E-state index in [1.807, 2.05) is 0 Å². The van der Waals surface area contributed by atoms with E-state index in [2.05, 4.69) is 107 Å². The molecule has 0 amide bonds. The summed E-state index contributed by atoms with van der Waals surface area (Å²) in [5, 5.41) is 0. The molecule has 0 bridgehead atoms. The molecule has 30 heavy (non-hydrogen) atoms. The summed E-state index contributed by atoms with van der Waals surface area (Å²) in [6, 6.07) is 6.45. The van der Waals surface area contributed by atoms with Crippen LogP contribution in [0.25, 0.3) is 0 Å². The van der Waals surface area contributed by atoms with Gasteiger partial charge in [0.05, 0.1) is 7.11 Å². The van der Waals surface area contributed by atoms with Gasteiger partial charge in [-0.1, -0.05) is 73.9 Å². The van der Waals surface area contributed by atoms with Gasteiger partial charge in [-0.25, -0.2) is 0 Å². The molecule has 0 N–H and O–H groups in total. The molecule has 1 nitrogen and oxygen atoms in total. The standard InChI is InChI=1S/C26H36O.C3H8/c1-12-20(9)21(10)25(18(6)7)26(24(16(2)3)17(4)5)22-14-13-19(8)15-23(22)27-11;1-3-2/h12-15,26H,2,6H2,1,3-5,7-11H3;3H2,1-2H3/b20-12-,25-21+;. The maximum absolute atomic E-state index is 5.79. The van der Waals surface area contributed by atoms with Crippen molar-refractivity contribution in [2.45, 2.75) is 81.6 Å². The molecule has 166 valence electrons. The van der Waals surface area contributed by atoms with E-state index in [4.69, 9.17) is 4.74 Å². The predicted octanol–water partition coefficient (Wildman–Crippen LogP) is 9.27. The lowest BCUT2D eigenvalue weighted by molar-refractivity contribution is 0.408. The minimum Gasteiger partial charge on any atom is -0.496 e. The summed E-state index contributed by atoms with van der Waals surface area (Å²) in [7, 11) is 1.74. The number of hydrogen-bond donors (Lipinski definition) is 0. The Morgan fingerprint density at radius 1 is 0.967 bits per heavy atom. The summed E-state index contributed by atoms with van der Waals surface area (Å²) in [6.45, 7) is 29.9. The van der Waals surface area contributed by atoms with Gasteiger partial charge < -0.3 is 4.74 Å². The molecule has 0 radical (unpaired) electrons. The third-order valence-corrected chi connectivity index (χ3v) is 5.16. The van der Waals surface area contributed by atoms with Crippen molar-refractivity contribution in [3.05, 3.63) is 87.6 Å². The zero-order valence-corrected chi connectivity index (χ0v) is 21.4. The smallest absolute Gasteiger partial charge is 0.123 e. The molecule has 0 saturated heterocycles. The Morgan fingerprint density at radius 2 is 1.47 bits per heavy atom. The van der Waals surface area contributed by atoms with Gasteiger partial charge in [0.15, 0.2) is 0 Å². The SMILES string of the molecule is C=C(C)C(=C(C)C)C(/C(C(=C)C)=C(C)/C(C)=C\C)c1ccc(C)cc1OC.CCC. The molecular weight excluding hydrogens is 364 g/mol. The minimum absolute atomic E-state index is 0.0375. The van der Waals surface area contributed by atoms with E-state index in [0.29, 0.717) is 0 Å². The molecule has 0 spiro atoms. The lowest BCUT2D eigenvalue weighted by Gasteiger charge is -2.30. The van der Waals surface area contributed by atoms with Gasteiger partial charge in [-0.15, -0.1) is 0 Å². The fraction of sp³-hybridized carbons (Fsp3) is 0.448. The second-order valence-corrected chi connectivity index (χ2v) is 8.37. The van der Waals surface area contributed by atoms with E-state index < -0.39 is 0 Å². The van der Waals surface area contributed by atoms with Crippen LogP contribution in [0.3, 0.4) is 0 Å². The Balaban J connectivity index is 0.00000263. The van der Waals surface area contributed by atoms with Gasteiger partial charge in [0.2, 0.25) is 0 Å². The molecule has 0 aliphatic carbocycles. The van der Waals surface area contributed by atoms with E-state index in [-0.39, 0.29) is 5.92 Å². The Hall–Kier alpha value is -2.28. The maximum Gasteiger partial charge on any atom is 0.123 e. The average Bonchev–Trinajstić information content (AvgIpc) is 2.66. The molecule has 1 unspecified atom stereocenters. The highest BCUT2D eigenvalue weighted by molar-refractivity contribution is 5.59. The summed E-state index contributed by atoms with van der Waals surface area (Å²) in [4.78, 5) is 0. The third-order valence-electron chi connectivity index (χ3n) is 5.16. The van der Waals surface area contributed by atoms with Crippen LogP contribution in [0.2, 0.25) is 0 Å². The van der Waals surface area contributed by atoms with E-state index in [1.54, 1.807) is 7.11 Å². The van der Waals surface area contributed by atoms with Crippen LogP contribution >= 0.6 is 0 Å². The van der Waals surface area contributed by atoms with Crippen LogP contribution in [0.5, 0.6) is 5.75 Å². The molecule has 0 fully saturated rings. The molecular formula is C29H44O. The second kappa shape index (κ2) is 13.1. The molecule has 1 heteroatoms. The molecule has 0 aromatic heterocycles. The average molecular weight is 409 g/mol. The Bertz CT molecular complexity index is 839. The number of benzene rings is 1. The first-order chi connectivity index (χ1) is 14.0. The fourth-order valence-electron chi connectivity index (χ4n) is 3.69. The predicted molar refractivity (Wildman–Crippen MR) is 137 cm³/mol. The van der Waals surface area contributed by atoms with Gasteiger partial charge in [0.25, 0.3) is 0 Å². The van der Waals surface area contributed by atoms with Crippen molar-refractivity contribution in [1.82, 2.24) is 0 Å². The van der Waals surface area contributed by atoms with Crippen molar-refractivity contribution in [1.29, 1.82) is 0 Å². The van der Waals surface area contributed by atoms with Crippen LogP contribution in [0.4, 0.5) is 0 Å². The number of hydrogen-bond acceptors (Lipinski definition) is 1. The highest BCUT2D eigenvalue weighted by Crippen LogP contribution is 2.45. The monoisotopic (exact) mass is 408 g/mol. The van der Waals surface area contributed by atoms with Gasteiger partial charge in [-0.05, 0) is 83.7 Å². The van der Waals surface area contributed by atoms with Gasteiger partial charge in [0.1, 0.15) is 5.75 Å². The van der Waals surface area contributed by atoms with Crippen molar-refractivity contribution in [2.75, 3.05) is 7.11 Å². The van der Waals surface area contributed by atoms with Gasteiger partial charge >= 0.3 is 0 Å².